The smallest absolute Gasteiger partial charge is 0.432 e. The molecule has 150 valence electrons. The van der Waals surface area contributed by atoms with Gasteiger partial charge in [0.05, 0.1) is 10.6 Å². The second-order valence-corrected chi connectivity index (χ2v) is 6.02. The van der Waals surface area contributed by atoms with Crippen LogP contribution in [-0.2, 0) is 22.1 Å². The fourth-order valence-electron chi connectivity index (χ4n) is 2.25. The molecule has 0 aliphatic carbocycles. The zero-order valence-electron chi connectivity index (χ0n) is 14.3. The highest BCUT2D eigenvalue weighted by atomic mass is 35.5. The summed E-state index contributed by atoms with van der Waals surface area (Å²) in [6.45, 7) is 1.31. The minimum Gasteiger partial charge on any atom is -0.439 e. The van der Waals surface area contributed by atoms with Crippen LogP contribution < -0.4 is 11.1 Å². The Bertz CT molecular complexity index is 914. The number of rotatable bonds is 6. The molecule has 0 aliphatic rings. The number of aromatic amines is 1. The first-order valence-electron chi connectivity index (χ1n) is 7.69. The van der Waals surface area contributed by atoms with Crippen molar-refractivity contribution in [1.82, 2.24) is 10.2 Å². The highest BCUT2D eigenvalue weighted by molar-refractivity contribution is 6.34. The van der Waals surface area contributed by atoms with Crippen LogP contribution in [0.15, 0.2) is 24.3 Å². The number of aromatic nitrogens is 2. The number of Topliss-reactive ketones (excluding diaryl/α,β-unsaturated/α-hetero) is 1. The molecular formula is C16H14ClF3N4O4. The maximum Gasteiger partial charge on any atom is 0.432 e. The number of nitrogens with zero attached hydrogens (tertiary/aromatic N) is 1. The van der Waals surface area contributed by atoms with Crippen LogP contribution >= 0.6 is 11.6 Å². The van der Waals surface area contributed by atoms with Crippen molar-refractivity contribution in [1.29, 1.82) is 0 Å². The van der Waals surface area contributed by atoms with E-state index in [-0.39, 0.29) is 28.4 Å². The van der Waals surface area contributed by atoms with E-state index in [0.717, 1.165) is 0 Å². The number of nitrogens with one attached hydrogen (secondary N) is 2. The first-order valence-corrected chi connectivity index (χ1v) is 8.07. The van der Waals surface area contributed by atoms with Crippen LogP contribution in [0.4, 0.5) is 23.8 Å². The molecule has 0 aliphatic heterocycles. The molecular weight excluding hydrogens is 405 g/mol. The minimum absolute atomic E-state index is 0.0298. The van der Waals surface area contributed by atoms with Crippen molar-refractivity contribution >= 4 is 35.2 Å². The second-order valence-electron chi connectivity index (χ2n) is 5.61. The van der Waals surface area contributed by atoms with Crippen LogP contribution in [0.5, 0.6) is 0 Å². The number of amides is 2. The lowest BCUT2D eigenvalue weighted by Gasteiger charge is -2.13. The summed E-state index contributed by atoms with van der Waals surface area (Å²) in [5.41, 5.74) is 3.77. The number of ether oxygens (including phenoxy) is 1. The van der Waals surface area contributed by atoms with E-state index < -0.39 is 35.8 Å². The molecule has 0 spiro atoms. The van der Waals surface area contributed by atoms with Gasteiger partial charge in [0.25, 0.3) is 5.91 Å². The highest BCUT2D eigenvalue weighted by Gasteiger charge is 2.33. The standard InChI is InChI=1S/C16H14ClF3N4O4/c1-7(28-15(21)27)10(25)5-8-3-2-4-9(17)13(8)14(26)22-12-6-11(23-24-12)16(18,19)20/h2-4,6-7H,5H2,1H3,(H2,21,27)(H2,22,23,24,26). The van der Waals surface area contributed by atoms with Crippen molar-refractivity contribution < 1.29 is 32.3 Å². The summed E-state index contributed by atoms with van der Waals surface area (Å²) in [4.78, 5) is 35.4. The topological polar surface area (TPSA) is 127 Å². The molecule has 1 aromatic carbocycles. The third-order valence-corrected chi connectivity index (χ3v) is 3.88. The van der Waals surface area contributed by atoms with Crippen LogP contribution in [0.2, 0.25) is 5.02 Å². The SMILES string of the molecule is CC(OC(N)=O)C(=O)Cc1cccc(Cl)c1C(=O)Nc1cc(C(F)(F)F)[nH]n1. The Morgan fingerprint density at radius 1 is 1.36 bits per heavy atom. The van der Waals surface area contributed by atoms with E-state index in [4.69, 9.17) is 17.3 Å². The maximum absolute atomic E-state index is 12.6. The van der Waals surface area contributed by atoms with Gasteiger partial charge in [-0.25, -0.2) is 4.79 Å². The Hall–Kier alpha value is -3.08. The number of benzene rings is 1. The van der Waals surface area contributed by atoms with Gasteiger partial charge in [-0.15, -0.1) is 0 Å². The van der Waals surface area contributed by atoms with Gasteiger partial charge in [-0.2, -0.15) is 18.3 Å². The van der Waals surface area contributed by atoms with Gasteiger partial charge in [0.2, 0.25) is 0 Å². The molecule has 12 heteroatoms. The summed E-state index contributed by atoms with van der Waals surface area (Å²) in [7, 11) is 0. The average Bonchev–Trinajstić information content (AvgIpc) is 3.02. The van der Waals surface area contributed by atoms with Crippen LogP contribution in [0, 0.1) is 0 Å². The Morgan fingerprint density at radius 2 is 2.04 bits per heavy atom. The minimum atomic E-state index is -4.66. The van der Waals surface area contributed by atoms with Gasteiger partial charge in [0.1, 0.15) is 5.69 Å². The average molecular weight is 419 g/mol. The predicted octanol–water partition coefficient (Wildman–Crippen LogP) is 2.93. The summed E-state index contributed by atoms with van der Waals surface area (Å²) in [5, 5.41) is 7.29. The van der Waals surface area contributed by atoms with Gasteiger partial charge in [0.15, 0.2) is 17.7 Å². The molecule has 8 nitrogen and oxygen atoms in total. The summed E-state index contributed by atoms with van der Waals surface area (Å²) >= 11 is 6.03. The largest absolute Gasteiger partial charge is 0.439 e. The zero-order valence-corrected chi connectivity index (χ0v) is 15.0. The van der Waals surface area contributed by atoms with E-state index in [1.165, 1.54) is 25.1 Å². The van der Waals surface area contributed by atoms with Crippen molar-refractivity contribution in [3.63, 3.8) is 0 Å². The van der Waals surface area contributed by atoms with Crippen LogP contribution in [0.25, 0.3) is 0 Å². The fourth-order valence-corrected chi connectivity index (χ4v) is 2.53. The number of anilines is 1. The number of carbonyl (C=O) groups excluding carboxylic acids is 3. The monoisotopic (exact) mass is 418 g/mol. The Kier molecular flexibility index (Phi) is 6.29. The number of ketones is 1. The van der Waals surface area contributed by atoms with Crippen LogP contribution in [-0.4, -0.2) is 34.1 Å². The maximum atomic E-state index is 12.6. The van der Waals surface area contributed by atoms with Gasteiger partial charge in [0, 0.05) is 12.5 Å². The lowest BCUT2D eigenvalue weighted by atomic mass is 9.99. The van der Waals surface area contributed by atoms with E-state index in [2.05, 4.69) is 15.2 Å². The van der Waals surface area contributed by atoms with Crippen LogP contribution in [0.3, 0.4) is 0 Å². The predicted molar refractivity (Wildman–Crippen MR) is 91.8 cm³/mol. The number of H-pyrrole nitrogens is 1. The Morgan fingerprint density at radius 3 is 2.61 bits per heavy atom. The third-order valence-electron chi connectivity index (χ3n) is 3.56. The van der Waals surface area contributed by atoms with Gasteiger partial charge in [-0.1, -0.05) is 23.7 Å². The molecule has 2 rings (SSSR count). The quantitative estimate of drug-likeness (QED) is 0.664. The van der Waals surface area contributed by atoms with Crippen molar-refractivity contribution in [2.24, 2.45) is 5.73 Å². The lowest BCUT2D eigenvalue weighted by Crippen LogP contribution is -2.29. The number of nitrogens with two attached hydrogens (primary N) is 1. The first-order chi connectivity index (χ1) is 13.0. The molecule has 0 saturated carbocycles. The molecule has 0 saturated heterocycles. The number of primary amides is 1. The van der Waals surface area contributed by atoms with Crippen molar-refractivity contribution in [2.45, 2.75) is 25.6 Å². The summed E-state index contributed by atoms with van der Waals surface area (Å²) in [6, 6.07) is 4.90. The van der Waals surface area contributed by atoms with E-state index in [9.17, 15) is 27.6 Å². The number of hydrogen-bond donors (Lipinski definition) is 3. The van der Waals surface area contributed by atoms with Crippen molar-refractivity contribution in [3.05, 3.63) is 46.1 Å². The fraction of sp³-hybridized carbons (Fsp3) is 0.250. The van der Waals surface area contributed by atoms with Gasteiger partial charge < -0.3 is 15.8 Å². The molecule has 2 aromatic rings. The first kappa shape index (κ1) is 21.2. The molecule has 1 aromatic heterocycles. The molecule has 1 heterocycles. The molecule has 0 radical (unpaired) electrons. The highest BCUT2D eigenvalue weighted by Crippen LogP contribution is 2.29. The molecule has 28 heavy (non-hydrogen) atoms. The normalized spacial score (nSPS) is 12.3. The number of carbonyl (C=O) groups is 3. The number of halogens is 4. The molecule has 0 fully saturated rings. The Labute approximate surface area is 161 Å². The van der Waals surface area contributed by atoms with E-state index in [0.29, 0.717) is 6.07 Å². The zero-order chi connectivity index (χ0) is 21.1. The molecule has 0 bridgehead atoms. The number of hydrogen-bond acceptors (Lipinski definition) is 5. The van der Waals surface area contributed by atoms with Gasteiger partial charge in [-0.3, -0.25) is 14.7 Å². The van der Waals surface area contributed by atoms with Gasteiger partial charge in [-0.05, 0) is 18.6 Å². The van der Waals surface area contributed by atoms with Crippen molar-refractivity contribution in [3.8, 4) is 0 Å². The summed E-state index contributed by atoms with van der Waals surface area (Å²) < 4.78 is 42.4. The molecule has 1 atom stereocenters. The summed E-state index contributed by atoms with van der Waals surface area (Å²) in [6.07, 6.45) is -7.28. The summed E-state index contributed by atoms with van der Waals surface area (Å²) in [5.74, 6) is -1.80. The molecule has 2 amide bonds. The van der Waals surface area contributed by atoms with E-state index in [1.54, 1.807) is 5.10 Å². The Balaban J connectivity index is 2.23. The van der Waals surface area contributed by atoms with Crippen molar-refractivity contribution in [2.75, 3.05) is 5.32 Å². The third kappa shape index (κ3) is 5.22. The van der Waals surface area contributed by atoms with Crippen LogP contribution in [0.1, 0.15) is 28.5 Å². The lowest BCUT2D eigenvalue weighted by molar-refractivity contribution is -0.141. The van der Waals surface area contributed by atoms with E-state index >= 15 is 0 Å². The molecule has 4 N–H and O–H groups in total. The number of alkyl halides is 3. The second kappa shape index (κ2) is 8.30. The molecule has 1 unspecified atom stereocenters. The van der Waals surface area contributed by atoms with Gasteiger partial charge >= 0.3 is 12.3 Å². The van der Waals surface area contributed by atoms with E-state index in [1.807, 2.05) is 0 Å².